The van der Waals surface area contributed by atoms with Crippen molar-refractivity contribution in [2.45, 2.75) is 6.92 Å². The summed E-state index contributed by atoms with van der Waals surface area (Å²) in [7, 11) is 0. The van der Waals surface area contributed by atoms with Crippen LogP contribution >= 0.6 is 35.4 Å². The molecule has 1 amide bonds. The van der Waals surface area contributed by atoms with Gasteiger partial charge in [-0.3, -0.25) is 4.79 Å². The average Bonchev–Trinajstić information content (AvgIpc) is 3.06. The molecule has 2 aromatic rings. The molecule has 0 unspecified atom stereocenters. The number of halogens is 2. The smallest absolute Gasteiger partial charge is 0.219 e. The SMILES string of the molecule is CC(=O)N1CCN(C(=S)c2ccc(-c3cccc(Cl)c3Cl)o2)CC1. The Kier molecular flexibility index (Phi) is 5.13. The highest BCUT2D eigenvalue weighted by molar-refractivity contribution is 7.80. The number of hydrogen-bond acceptors (Lipinski definition) is 3. The van der Waals surface area contributed by atoms with Gasteiger partial charge in [0.15, 0.2) is 5.76 Å². The molecular formula is C17H16Cl2N2O2S. The quantitative estimate of drug-likeness (QED) is 0.732. The van der Waals surface area contributed by atoms with E-state index in [-0.39, 0.29) is 5.91 Å². The minimum Gasteiger partial charge on any atom is -0.454 e. The molecule has 24 heavy (non-hydrogen) atoms. The summed E-state index contributed by atoms with van der Waals surface area (Å²) in [4.78, 5) is 15.9. The number of carbonyl (C=O) groups excluding carboxylic acids is 1. The van der Waals surface area contributed by atoms with Crippen LogP contribution in [0, 0.1) is 0 Å². The fraction of sp³-hybridized carbons (Fsp3) is 0.294. The summed E-state index contributed by atoms with van der Waals surface area (Å²) >= 11 is 17.8. The van der Waals surface area contributed by atoms with Gasteiger partial charge >= 0.3 is 0 Å². The van der Waals surface area contributed by atoms with Gasteiger partial charge in [-0.25, -0.2) is 0 Å². The second-order valence-electron chi connectivity index (χ2n) is 5.56. The number of carbonyl (C=O) groups is 1. The van der Waals surface area contributed by atoms with Crippen LogP contribution in [0.4, 0.5) is 0 Å². The largest absolute Gasteiger partial charge is 0.454 e. The molecule has 0 aliphatic carbocycles. The topological polar surface area (TPSA) is 36.7 Å². The lowest BCUT2D eigenvalue weighted by Crippen LogP contribution is -2.49. The molecule has 1 aliphatic rings. The van der Waals surface area contributed by atoms with Gasteiger partial charge in [-0.05, 0) is 24.3 Å². The van der Waals surface area contributed by atoms with Gasteiger partial charge in [0.1, 0.15) is 10.7 Å². The molecule has 0 atom stereocenters. The Morgan fingerprint density at radius 1 is 1.08 bits per heavy atom. The normalized spacial score (nSPS) is 14.8. The molecule has 4 nitrogen and oxygen atoms in total. The van der Waals surface area contributed by atoms with E-state index in [2.05, 4.69) is 4.90 Å². The number of thiocarbonyl (C=S) groups is 1. The van der Waals surface area contributed by atoms with Crippen molar-refractivity contribution in [2.24, 2.45) is 0 Å². The predicted molar refractivity (Wildman–Crippen MR) is 99.7 cm³/mol. The van der Waals surface area contributed by atoms with Crippen LogP contribution in [0.1, 0.15) is 12.7 Å². The third kappa shape index (κ3) is 3.43. The van der Waals surface area contributed by atoms with E-state index in [1.165, 1.54) is 0 Å². The summed E-state index contributed by atoms with van der Waals surface area (Å²) in [5, 5.41) is 0.941. The zero-order valence-corrected chi connectivity index (χ0v) is 15.4. The number of furan rings is 1. The number of benzene rings is 1. The Morgan fingerprint density at radius 3 is 2.42 bits per heavy atom. The van der Waals surface area contributed by atoms with Gasteiger partial charge in [0, 0.05) is 38.7 Å². The van der Waals surface area contributed by atoms with E-state index in [4.69, 9.17) is 39.8 Å². The summed E-state index contributed by atoms with van der Waals surface area (Å²) in [5.41, 5.74) is 0.736. The van der Waals surface area contributed by atoms with E-state index in [0.717, 1.165) is 5.56 Å². The molecule has 1 aromatic heterocycles. The minimum absolute atomic E-state index is 0.0939. The first-order valence-corrected chi connectivity index (χ1v) is 8.73. The van der Waals surface area contributed by atoms with Gasteiger partial charge in [0.25, 0.3) is 0 Å². The van der Waals surface area contributed by atoms with Crippen LogP contribution in [0.2, 0.25) is 10.0 Å². The first-order chi connectivity index (χ1) is 11.5. The van der Waals surface area contributed by atoms with Crippen molar-refractivity contribution in [1.82, 2.24) is 9.80 Å². The van der Waals surface area contributed by atoms with Crippen LogP contribution < -0.4 is 0 Å². The number of hydrogen-bond donors (Lipinski definition) is 0. The Bertz CT molecular complexity index is 783. The summed E-state index contributed by atoms with van der Waals surface area (Å²) < 4.78 is 5.89. The molecule has 7 heteroatoms. The van der Waals surface area contributed by atoms with Crippen LogP contribution in [-0.2, 0) is 4.79 Å². The summed E-state index contributed by atoms with van der Waals surface area (Å²) in [6, 6.07) is 9.09. The molecule has 2 heterocycles. The van der Waals surface area contributed by atoms with Crippen molar-refractivity contribution in [2.75, 3.05) is 26.2 Å². The third-order valence-electron chi connectivity index (χ3n) is 4.05. The number of nitrogens with zero attached hydrogens (tertiary/aromatic N) is 2. The minimum atomic E-state index is 0.0939. The number of amides is 1. The van der Waals surface area contributed by atoms with Crippen LogP contribution in [0.15, 0.2) is 34.7 Å². The van der Waals surface area contributed by atoms with Gasteiger partial charge in [-0.1, -0.05) is 41.5 Å². The van der Waals surface area contributed by atoms with Gasteiger partial charge in [-0.15, -0.1) is 0 Å². The second kappa shape index (κ2) is 7.13. The second-order valence-corrected chi connectivity index (χ2v) is 6.74. The van der Waals surface area contributed by atoms with E-state index in [1.807, 2.05) is 29.2 Å². The molecule has 0 bridgehead atoms. The molecule has 1 fully saturated rings. The highest BCUT2D eigenvalue weighted by Crippen LogP contribution is 2.34. The molecule has 0 radical (unpaired) electrons. The molecule has 0 N–H and O–H groups in total. The van der Waals surface area contributed by atoms with E-state index in [9.17, 15) is 4.79 Å². The van der Waals surface area contributed by atoms with Gasteiger partial charge in [-0.2, -0.15) is 0 Å². The fourth-order valence-corrected chi connectivity index (χ4v) is 3.36. The van der Waals surface area contributed by atoms with E-state index >= 15 is 0 Å². The zero-order chi connectivity index (χ0) is 17.3. The Labute approximate surface area is 155 Å². The van der Waals surface area contributed by atoms with Crippen LogP contribution in [0.25, 0.3) is 11.3 Å². The van der Waals surface area contributed by atoms with Gasteiger partial charge in [0.2, 0.25) is 5.91 Å². The molecular weight excluding hydrogens is 367 g/mol. The maximum atomic E-state index is 11.4. The lowest BCUT2D eigenvalue weighted by molar-refractivity contribution is -0.130. The van der Waals surface area contributed by atoms with E-state index in [1.54, 1.807) is 13.0 Å². The van der Waals surface area contributed by atoms with Crippen molar-refractivity contribution >= 4 is 46.3 Å². The Hall–Kier alpha value is -1.56. The molecule has 1 aliphatic heterocycles. The summed E-state index contributed by atoms with van der Waals surface area (Å²) in [5.74, 6) is 1.34. The zero-order valence-electron chi connectivity index (χ0n) is 13.1. The van der Waals surface area contributed by atoms with E-state index in [0.29, 0.717) is 52.7 Å². The molecule has 0 spiro atoms. The standard InChI is InChI=1S/C17H16Cl2N2O2S/c1-11(22)20-7-9-21(10-8-20)17(24)15-6-5-14(23-15)12-3-2-4-13(18)16(12)19/h2-6H,7-10H2,1H3. The van der Waals surface area contributed by atoms with Crippen molar-refractivity contribution in [3.05, 3.63) is 46.1 Å². The highest BCUT2D eigenvalue weighted by atomic mass is 35.5. The molecule has 0 saturated carbocycles. The van der Waals surface area contributed by atoms with Crippen molar-refractivity contribution < 1.29 is 9.21 Å². The Morgan fingerprint density at radius 2 is 1.75 bits per heavy atom. The predicted octanol–water partition coefficient (Wildman–Crippen LogP) is 4.09. The lowest BCUT2D eigenvalue weighted by atomic mass is 10.2. The monoisotopic (exact) mass is 382 g/mol. The maximum Gasteiger partial charge on any atom is 0.219 e. The molecule has 1 aromatic carbocycles. The first-order valence-electron chi connectivity index (χ1n) is 7.56. The summed E-state index contributed by atoms with van der Waals surface area (Å²) in [6.45, 7) is 4.33. The number of piperazine rings is 1. The first kappa shape index (κ1) is 17.3. The van der Waals surface area contributed by atoms with Gasteiger partial charge < -0.3 is 14.2 Å². The summed E-state index contributed by atoms with van der Waals surface area (Å²) in [6.07, 6.45) is 0. The van der Waals surface area contributed by atoms with Gasteiger partial charge in [0.05, 0.1) is 10.0 Å². The van der Waals surface area contributed by atoms with Crippen LogP contribution in [-0.4, -0.2) is 46.9 Å². The molecule has 3 rings (SSSR count). The molecule has 1 saturated heterocycles. The molecule has 126 valence electrons. The Balaban J connectivity index is 1.75. The van der Waals surface area contributed by atoms with Crippen LogP contribution in [0.5, 0.6) is 0 Å². The van der Waals surface area contributed by atoms with Crippen molar-refractivity contribution in [1.29, 1.82) is 0 Å². The van der Waals surface area contributed by atoms with Crippen LogP contribution in [0.3, 0.4) is 0 Å². The maximum absolute atomic E-state index is 11.4. The third-order valence-corrected chi connectivity index (χ3v) is 5.32. The van der Waals surface area contributed by atoms with Crippen molar-refractivity contribution in [3.8, 4) is 11.3 Å². The highest BCUT2D eigenvalue weighted by Gasteiger charge is 2.23. The van der Waals surface area contributed by atoms with E-state index < -0.39 is 0 Å². The lowest BCUT2D eigenvalue weighted by Gasteiger charge is -2.35. The average molecular weight is 383 g/mol. The number of rotatable bonds is 2. The fourth-order valence-electron chi connectivity index (χ4n) is 2.67. The van der Waals surface area contributed by atoms with Crippen molar-refractivity contribution in [3.63, 3.8) is 0 Å².